The molecule has 2 aromatic rings. The fourth-order valence-electron chi connectivity index (χ4n) is 1.86. The molecule has 0 aromatic heterocycles. The summed E-state index contributed by atoms with van der Waals surface area (Å²) in [5, 5.41) is 0. The lowest BCUT2D eigenvalue weighted by atomic mass is 10.0. The van der Waals surface area contributed by atoms with Gasteiger partial charge in [0.1, 0.15) is 0 Å². The molecule has 98 valence electrons. The van der Waals surface area contributed by atoms with Crippen LogP contribution >= 0.6 is 15.9 Å². The minimum absolute atomic E-state index is 0.0719. The van der Waals surface area contributed by atoms with Gasteiger partial charge in [0.15, 0.2) is 17.4 Å². The zero-order valence-electron chi connectivity index (χ0n) is 10.2. The van der Waals surface area contributed by atoms with Crippen molar-refractivity contribution in [3.05, 3.63) is 69.2 Å². The lowest BCUT2D eigenvalue weighted by Crippen LogP contribution is -2.06. The Labute approximate surface area is 118 Å². The molecule has 1 nitrogen and oxygen atoms in total. The molecule has 0 fully saturated rings. The molecule has 0 saturated carbocycles. The maximum atomic E-state index is 13.5. The van der Waals surface area contributed by atoms with Crippen LogP contribution in [-0.2, 0) is 6.42 Å². The van der Waals surface area contributed by atoms with E-state index in [9.17, 15) is 13.6 Å². The summed E-state index contributed by atoms with van der Waals surface area (Å²) in [5.74, 6) is -2.13. The Bertz CT molecular complexity index is 618. The molecule has 0 heterocycles. The van der Waals surface area contributed by atoms with Crippen molar-refractivity contribution < 1.29 is 13.6 Å². The van der Waals surface area contributed by atoms with Crippen molar-refractivity contribution in [1.29, 1.82) is 0 Å². The van der Waals surface area contributed by atoms with Gasteiger partial charge in [0.05, 0.1) is 0 Å². The maximum Gasteiger partial charge on any atom is 0.167 e. The summed E-state index contributed by atoms with van der Waals surface area (Å²) in [4.78, 5) is 12.1. The molecule has 0 aliphatic heterocycles. The van der Waals surface area contributed by atoms with Crippen molar-refractivity contribution in [2.75, 3.05) is 0 Å². The molecule has 0 spiro atoms. The molecule has 0 atom stereocenters. The number of rotatable bonds is 3. The quantitative estimate of drug-likeness (QED) is 0.762. The summed E-state index contributed by atoms with van der Waals surface area (Å²) in [5.41, 5.74) is 1.48. The predicted molar refractivity (Wildman–Crippen MR) is 73.3 cm³/mol. The van der Waals surface area contributed by atoms with Gasteiger partial charge in [-0.1, -0.05) is 28.1 Å². The number of hydrogen-bond donors (Lipinski definition) is 0. The molecule has 2 rings (SSSR count). The molecule has 0 amide bonds. The predicted octanol–water partition coefficient (Wildman–Crippen LogP) is 4.46. The van der Waals surface area contributed by atoms with Crippen LogP contribution in [0.5, 0.6) is 0 Å². The average molecular weight is 325 g/mol. The minimum Gasteiger partial charge on any atom is -0.294 e. The summed E-state index contributed by atoms with van der Waals surface area (Å²) in [6.07, 6.45) is -0.153. The third-order valence-corrected chi connectivity index (χ3v) is 3.20. The minimum atomic E-state index is -0.956. The highest BCUT2D eigenvalue weighted by Crippen LogP contribution is 2.18. The third-order valence-electron chi connectivity index (χ3n) is 2.75. The first-order valence-electron chi connectivity index (χ1n) is 5.70. The van der Waals surface area contributed by atoms with Crippen molar-refractivity contribution in [2.24, 2.45) is 0 Å². The summed E-state index contributed by atoms with van der Waals surface area (Å²) in [6.45, 7) is 1.87. The monoisotopic (exact) mass is 324 g/mol. The topological polar surface area (TPSA) is 17.1 Å². The van der Waals surface area contributed by atoms with Gasteiger partial charge in [-0.05, 0) is 42.3 Å². The smallest absolute Gasteiger partial charge is 0.167 e. The molecule has 0 aliphatic carbocycles. The van der Waals surface area contributed by atoms with Gasteiger partial charge < -0.3 is 0 Å². The SMILES string of the molecule is Cc1cc(Br)cc(C(=O)Cc2cccc(F)c2F)c1. The Kier molecular flexibility index (Phi) is 4.10. The van der Waals surface area contributed by atoms with Crippen LogP contribution in [0.4, 0.5) is 8.78 Å². The first-order valence-corrected chi connectivity index (χ1v) is 6.50. The van der Waals surface area contributed by atoms with E-state index in [1.165, 1.54) is 12.1 Å². The maximum absolute atomic E-state index is 13.5. The van der Waals surface area contributed by atoms with Crippen molar-refractivity contribution >= 4 is 21.7 Å². The summed E-state index contributed by atoms with van der Waals surface area (Å²) >= 11 is 3.31. The van der Waals surface area contributed by atoms with Gasteiger partial charge in [-0.25, -0.2) is 8.78 Å². The Morgan fingerprint density at radius 3 is 2.63 bits per heavy atom. The fraction of sp³-hybridized carbons (Fsp3) is 0.133. The second kappa shape index (κ2) is 5.61. The number of carbonyl (C=O) groups is 1. The van der Waals surface area contributed by atoms with Gasteiger partial charge in [0.2, 0.25) is 0 Å². The van der Waals surface area contributed by atoms with Crippen molar-refractivity contribution in [1.82, 2.24) is 0 Å². The van der Waals surface area contributed by atoms with Crippen LogP contribution < -0.4 is 0 Å². The molecule has 0 radical (unpaired) electrons. The normalized spacial score (nSPS) is 10.5. The number of ketones is 1. The molecule has 4 heteroatoms. The molecule has 19 heavy (non-hydrogen) atoms. The third kappa shape index (κ3) is 3.26. The van der Waals surface area contributed by atoms with E-state index in [0.717, 1.165) is 16.1 Å². The van der Waals surface area contributed by atoms with Gasteiger partial charge >= 0.3 is 0 Å². The van der Waals surface area contributed by atoms with Crippen LogP contribution in [0.1, 0.15) is 21.5 Å². The van der Waals surface area contributed by atoms with Crippen LogP contribution in [0.25, 0.3) is 0 Å². The van der Waals surface area contributed by atoms with Crippen molar-refractivity contribution in [3.8, 4) is 0 Å². The molecule has 0 aliphatic rings. The van der Waals surface area contributed by atoms with E-state index >= 15 is 0 Å². The van der Waals surface area contributed by atoms with Crippen LogP contribution in [-0.4, -0.2) is 5.78 Å². The van der Waals surface area contributed by atoms with Gasteiger partial charge in [-0.3, -0.25) is 4.79 Å². The Morgan fingerprint density at radius 1 is 1.21 bits per heavy atom. The summed E-state index contributed by atoms with van der Waals surface area (Å²) in [6, 6.07) is 9.12. The second-order valence-electron chi connectivity index (χ2n) is 4.33. The highest BCUT2D eigenvalue weighted by Gasteiger charge is 2.13. The van der Waals surface area contributed by atoms with E-state index in [2.05, 4.69) is 15.9 Å². The van der Waals surface area contributed by atoms with E-state index in [0.29, 0.717) is 5.56 Å². The number of hydrogen-bond acceptors (Lipinski definition) is 1. The highest BCUT2D eigenvalue weighted by atomic mass is 79.9. The van der Waals surface area contributed by atoms with E-state index in [1.54, 1.807) is 12.1 Å². The van der Waals surface area contributed by atoms with Crippen molar-refractivity contribution in [3.63, 3.8) is 0 Å². The van der Waals surface area contributed by atoms with E-state index in [1.807, 2.05) is 13.0 Å². The summed E-state index contributed by atoms with van der Waals surface area (Å²) < 4.78 is 27.4. The first-order chi connectivity index (χ1) is 8.97. The fourth-order valence-corrected chi connectivity index (χ4v) is 2.47. The molecular weight excluding hydrogens is 314 g/mol. The first kappa shape index (κ1) is 13.9. The molecule has 0 unspecified atom stereocenters. The number of Topliss-reactive ketones (excluding diaryl/α,β-unsaturated/α-hetero) is 1. The van der Waals surface area contributed by atoms with Gasteiger partial charge in [-0.2, -0.15) is 0 Å². The largest absolute Gasteiger partial charge is 0.294 e. The number of benzene rings is 2. The number of aryl methyl sites for hydroxylation is 1. The lowest BCUT2D eigenvalue weighted by Gasteiger charge is -2.05. The molecule has 0 saturated heterocycles. The van der Waals surface area contributed by atoms with Gasteiger partial charge in [0, 0.05) is 16.5 Å². The van der Waals surface area contributed by atoms with Crippen molar-refractivity contribution in [2.45, 2.75) is 13.3 Å². The Morgan fingerprint density at radius 2 is 1.95 bits per heavy atom. The van der Waals surface area contributed by atoms with Crippen LogP contribution in [0.15, 0.2) is 40.9 Å². The highest BCUT2D eigenvalue weighted by molar-refractivity contribution is 9.10. The second-order valence-corrected chi connectivity index (χ2v) is 5.25. The number of carbonyl (C=O) groups excluding carboxylic acids is 1. The van der Waals surface area contributed by atoms with E-state index < -0.39 is 11.6 Å². The zero-order chi connectivity index (χ0) is 14.0. The summed E-state index contributed by atoms with van der Waals surface area (Å²) in [7, 11) is 0. The Balaban J connectivity index is 2.28. The van der Waals surface area contributed by atoms with Crippen LogP contribution in [0.3, 0.4) is 0 Å². The van der Waals surface area contributed by atoms with E-state index in [4.69, 9.17) is 0 Å². The standard InChI is InChI=1S/C15H11BrF2O/c1-9-5-11(7-12(16)6-9)14(19)8-10-3-2-4-13(17)15(10)18/h2-7H,8H2,1H3. The van der Waals surface area contributed by atoms with Crippen LogP contribution in [0, 0.1) is 18.6 Å². The van der Waals surface area contributed by atoms with E-state index in [-0.39, 0.29) is 17.8 Å². The van der Waals surface area contributed by atoms with Gasteiger partial charge in [-0.15, -0.1) is 0 Å². The van der Waals surface area contributed by atoms with Crippen LogP contribution in [0.2, 0.25) is 0 Å². The van der Waals surface area contributed by atoms with Gasteiger partial charge in [0.25, 0.3) is 0 Å². The average Bonchev–Trinajstić information content (AvgIpc) is 2.33. The zero-order valence-corrected chi connectivity index (χ0v) is 11.8. The molecule has 0 bridgehead atoms. The molecular formula is C15H11BrF2O. The molecule has 0 N–H and O–H groups in total. The number of halogens is 3. The molecule has 2 aromatic carbocycles. The Hall–Kier alpha value is -1.55. The lowest BCUT2D eigenvalue weighted by molar-refractivity contribution is 0.0991.